The van der Waals surface area contributed by atoms with Crippen LogP contribution in [0.15, 0.2) is 54.6 Å². The number of nitrogens with two attached hydrogens (primary N) is 1. The molecule has 0 aliphatic carbocycles. The molecule has 4 nitrogen and oxygen atoms in total. The first-order chi connectivity index (χ1) is 10.0. The number of nitrogens with one attached hydrogen (secondary N) is 1. The minimum Gasteiger partial charge on any atom is -0.425 e. The van der Waals surface area contributed by atoms with Gasteiger partial charge in [0.15, 0.2) is 0 Å². The summed E-state index contributed by atoms with van der Waals surface area (Å²) in [4.78, 5) is 10.8. The molecule has 21 heavy (non-hydrogen) atoms. The van der Waals surface area contributed by atoms with E-state index in [2.05, 4.69) is 10.6 Å². The lowest BCUT2D eigenvalue weighted by Crippen LogP contribution is -2.47. The summed E-state index contributed by atoms with van der Waals surface area (Å²) in [5.74, 6) is 2.85. The van der Waals surface area contributed by atoms with Crippen LogP contribution in [0.2, 0.25) is 0 Å². The zero-order valence-electron chi connectivity index (χ0n) is 11.1. The van der Waals surface area contributed by atoms with Crippen molar-refractivity contribution in [1.82, 2.24) is 5.43 Å². The molecule has 0 atom stereocenters. The van der Waals surface area contributed by atoms with E-state index < -0.39 is 12.0 Å². The lowest BCUT2D eigenvalue weighted by Gasteiger charge is -2.15. The SMILES string of the molecule is NNC(=O)C(F)(F)Oc1ccc(Cc2ccccc2)cc1. The average Bonchev–Trinajstić information content (AvgIpc) is 2.49. The maximum absolute atomic E-state index is 13.2. The second-order valence-corrected chi connectivity index (χ2v) is 4.40. The Bertz CT molecular complexity index is 601. The van der Waals surface area contributed by atoms with E-state index in [1.54, 1.807) is 12.1 Å². The third-order valence-corrected chi connectivity index (χ3v) is 2.82. The first-order valence-electron chi connectivity index (χ1n) is 6.22. The number of hydrazine groups is 1. The fourth-order valence-electron chi connectivity index (χ4n) is 1.79. The minimum atomic E-state index is -4.00. The molecule has 0 aromatic heterocycles. The first kappa shape index (κ1) is 14.9. The molecule has 0 radical (unpaired) electrons. The van der Waals surface area contributed by atoms with E-state index in [1.807, 2.05) is 30.3 Å². The normalized spacial score (nSPS) is 11.0. The quantitative estimate of drug-likeness (QED) is 0.504. The Kier molecular flexibility index (Phi) is 4.49. The van der Waals surface area contributed by atoms with Gasteiger partial charge in [0.05, 0.1) is 0 Å². The van der Waals surface area contributed by atoms with E-state index in [0.29, 0.717) is 6.42 Å². The van der Waals surface area contributed by atoms with Crippen LogP contribution in [0.3, 0.4) is 0 Å². The van der Waals surface area contributed by atoms with Crippen molar-refractivity contribution in [1.29, 1.82) is 0 Å². The number of carbonyl (C=O) groups is 1. The van der Waals surface area contributed by atoms with Gasteiger partial charge in [-0.1, -0.05) is 42.5 Å². The lowest BCUT2D eigenvalue weighted by atomic mass is 10.1. The minimum absolute atomic E-state index is 0.111. The fourth-order valence-corrected chi connectivity index (χ4v) is 1.79. The van der Waals surface area contributed by atoms with E-state index >= 15 is 0 Å². The van der Waals surface area contributed by atoms with Crippen molar-refractivity contribution >= 4 is 5.91 Å². The highest BCUT2D eigenvalue weighted by atomic mass is 19.3. The molecule has 0 bridgehead atoms. The second-order valence-electron chi connectivity index (χ2n) is 4.40. The van der Waals surface area contributed by atoms with Gasteiger partial charge in [-0.2, -0.15) is 8.78 Å². The van der Waals surface area contributed by atoms with Crippen molar-refractivity contribution in [3.63, 3.8) is 0 Å². The van der Waals surface area contributed by atoms with Crippen molar-refractivity contribution in [3.05, 3.63) is 65.7 Å². The summed E-state index contributed by atoms with van der Waals surface area (Å²) >= 11 is 0. The number of rotatable bonds is 5. The third kappa shape index (κ3) is 4.00. The smallest absolute Gasteiger partial charge is 0.425 e. The van der Waals surface area contributed by atoms with Gasteiger partial charge in [-0.3, -0.25) is 10.2 Å². The molecule has 2 aromatic carbocycles. The van der Waals surface area contributed by atoms with Crippen molar-refractivity contribution < 1.29 is 18.3 Å². The molecular weight excluding hydrogens is 278 g/mol. The summed E-state index contributed by atoms with van der Waals surface area (Å²) in [6, 6.07) is 15.8. The van der Waals surface area contributed by atoms with Crippen LogP contribution >= 0.6 is 0 Å². The van der Waals surface area contributed by atoms with Gasteiger partial charge in [-0.15, -0.1) is 0 Å². The maximum Gasteiger partial charge on any atom is 0.483 e. The highest BCUT2D eigenvalue weighted by Crippen LogP contribution is 2.22. The fraction of sp³-hybridized carbons (Fsp3) is 0.133. The summed E-state index contributed by atoms with van der Waals surface area (Å²) < 4.78 is 30.8. The van der Waals surface area contributed by atoms with E-state index in [0.717, 1.165) is 11.1 Å². The largest absolute Gasteiger partial charge is 0.483 e. The average molecular weight is 292 g/mol. The van der Waals surface area contributed by atoms with Crippen LogP contribution in [0.5, 0.6) is 5.75 Å². The van der Waals surface area contributed by atoms with Crippen molar-refractivity contribution in [2.24, 2.45) is 5.84 Å². The molecule has 110 valence electrons. The molecular formula is C15H14F2N2O2. The summed E-state index contributed by atoms with van der Waals surface area (Å²) in [6.45, 7) is 0. The van der Waals surface area contributed by atoms with Crippen molar-refractivity contribution in [2.45, 2.75) is 12.5 Å². The van der Waals surface area contributed by atoms with Gasteiger partial charge >= 0.3 is 12.0 Å². The molecule has 0 aliphatic heterocycles. The lowest BCUT2D eigenvalue weighted by molar-refractivity contribution is -0.192. The third-order valence-electron chi connectivity index (χ3n) is 2.82. The van der Waals surface area contributed by atoms with E-state index in [-0.39, 0.29) is 5.75 Å². The molecule has 0 unspecified atom stereocenters. The molecule has 0 heterocycles. The number of amides is 1. The Balaban J connectivity index is 2.04. The number of alkyl halides is 2. The predicted molar refractivity (Wildman–Crippen MR) is 73.6 cm³/mol. The van der Waals surface area contributed by atoms with Gasteiger partial charge in [0.2, 0.25) is 0 Å². The Morgan fingerprint density at radius 3 is 2.19 bits per heavy atom. The topological polar surface area (TPSA) is 64.3 Å². The van der Waals surface area contributed by atoms with Crippen LogP contribution in [-0.4, -0.2) is 12.0 Å². The summed E-state index contributed by atoms with van der Waals surface area (Å²) in [7, 11) is 0. The Morgan fingerprint density at radius 1 is 1.05 bits per heavy atom. The van der Waals surface area contributed by atoms with Crippen LogP contribution in [-0.2, 0) is 11.2 Å². The highest BCUT2D eigenvalue weighted by Gasteiger charge is 2.41. The number of hydrogen-bond donors (Lipinski definition) is 2. The van der Waals surface area contributed by atoms with Crippen LogP contribution in [0.1, 0.15) is 11.1 Å². The van der Waals surface area contributed by atoms with E-state index in [9.17, 15) is 13.6 Å². The van der Waals surface area contributed by atoms with Gasteiger partial charge < -0.3 is 4.74 Å². The van der Waals surface area contributed by atoms with Gasteiger partial charge in [0, 0.05) is 0 Å². The second kappa shape index (κ2) is 6.32. The molecule has 0 saturated carbocycles. The zero-order valence-corrected chi connectivity index (χ0v) is 11.1. The number of hydrogen-bond acceptors (Lipinski definition) is 3. The molecule has 2 rings (SSSR count). The van der Waals surface area contributed by atoms with Gasteiger partial charge in [0.25, 0.3) is 0 Å². The van der Waals surface area contributed by atoms with E-state index in [4.69, 9.17) is 0 Å². The standard InChI is InChI=1S/C15H14F2N2O2/c16-15(17,14(20)19-18)21-13-8-6-12(7-9-13)10-11-4-2-1-3-5-11/h1-9H,10,18H2,(H,19,20). The van der Waals surface area contributed by atoms with Gasteiger partial charge in [0.1, 0.15) is 5.75 Å². The van der Waals surface area contributed by atoms with Gasteiger partial charge in [-0.25, -0.2) is 5.84 Å². The molecule has 0 fully saturated rings. The summed E-state index contributed by atoms with van der Waals surface area (Å²) in [5, 5.41) is 0. The number of halogens is 2. The molecule has 3 N–H and O–H groups in total. The Hall–Kier alpha value is -2.47. The molecule has 2 aromatic rings. The monoisotopic (exact) mass is 292 g/mol. The molecule has 0 spiro atoms. The molecule has 0 saturated heterocycles. The van der Waals surface area contributed by atoms with Crippen molar-refractivity contribution in [3.8, 4) is 5.75 Å². The number of carbonyl (C=O) groups excluding carboxylic acids is 1. The van der Waals surface area contributed by atoms with Crippen LogP contribution in [0.4, 0.5) is 8.78 Å². The molecule has 1 amide bonds. The predicted octanol–water partition coefficient (Wildman–Crippen LogP) is 2.24. The van der Waals surface area contributed by atoms with Crippen LogP contribution < -0.4 is 16.0 Å². The Morgan fingerprint density at radius 2 is 1.62 bits per heavy atom. The number of ether oxygens (including phenoxy) is 1. The van der Waals surface area contributed by atoms with Crippen molar-refractivity contribution in [2.75, 3.05) is 0 Å². The molecule has 6 heteroatoms. The Labute approximate surface area is 120 Å². The first-order valence-corrected chi connectivity index (χ1v) is 6.22. The summed E-state index contributed by atoms with van der Waals surface area (Å²) in [5.41, 5.74) is 3.41. The summed E-state index contributed by atoms with van der Waals surface area (Å²) in [6.07, 6.45) is -3.32. The van der Waals surface area contributed by atoms with E-state index in [1.165, 1.54) is 17.6 Å². The highest BCUT2D eigenvalue weighted by molar-refractivity contribution is 5.81. The van der Waals surface area contributed by atoms with Gasteiger partial charge in [-0.05, 0) is 29.7 Å². The van der Waals surface area contributed by atoms with Crippen LogP contribution in [0, 0.1) is 0 Å². The van der Waals surface area contributed by atoms with Crippen LogP contribution in [0.25, 0.3) is 0 Å². The maximum atomic E-state index is 13.2. The molecule has 0 aliphatic rings. The zero-order chi connectivity index (χ0) is 15.3. The number of benzene rings is 2.